The highest BCUT2D eigenvalue weighted by atomic mass is 15.4. The molecule has 146 valence electrons. The largest absolute Gasteiger partial charge is 0.356 e. The van der Waals surface area contributed by atoms with Crippen LogP contribution in [0.4, 0.5) is 5.82 Å². The minimum atomic E-state index is 0.374. The van der Waals surface area contributed by atoms with Crippen molar-refractivity contribution in [3.63, 3.8) is 0 Å². The predicted octanol–water partition coefficient (Wildman–Crippen LogP) is 3.10. The van der Waals surface area contributed by atoms with Gasteiger partial charge >= 0.3 is 0 Å². The van der Waals surface area contributed by atoms with E-state index >= 15 is 0 Å². The van der Waals surface area contributed by atoms with Gasteiger partial charge < -0.3 is 9.47 Å². The van der Waals surface area contributed by atoms with Gasteiger partial charge in [0.05, 0.1) is 5.69 Å². The van der Waals surface area contributed by atoms with Crippen LogP contribution in [-0.2, 0) is 0 Å². The van der Waals surface area contributed by atoms with Crippen LogP contribution in [0.25, 0.3) is 17.0 Å². The van der Waals surface area contributed by atoms with Gasteiger partial charge in [0.15, 0.2) is 0 Å². The minimum Gasteiger partial charge on any atom is -0.356 e. The molecular weight excluding hydrogens is 364 g/mol. The molecule has 1 atom stereocenters. The van der Waals surface area contributed by atoms with Crippen molar-refractivity contribution in [2.24, 2.45) is 0 Å². The molecule has 4 heterocycles. The van der Waals surface area contributed by atoms with E-state index < -0.39 is 0 Å². The number of hydrogen-bond acceptors (Lipinski definition) is 6. The number of rotatable bonds is 4. The molecule has 0 radical (unpaired) electrons. The Morgan fingerprint density at radius 2 is 1.93 bits per heavy atom. The highest BCUT2D eigenvalue weighted by molar-refractivity contribution is 5.65. The first kappa shape index (κ1) is 16.6. The number of benzene rings is 1. The van der Waals surface area contributed by atoms with Crippen LogP contribution in [0.15, 0.2) is 49.1 Å². The van der Waals surface area contributed by atoms with E-state index in [2.05, 4.69) is 47.9 Å². The van der Waals surface area contributed by atoms with Crippen LogP contribution in [0.5, 0.6) is 0 Å². The zero-order valence-corrected chi connectivity index (χ0v) is 16.1. The molecule has 4 aromatic rings. The summed E-state index contributed by atoms with van der Waals surface area (Å²) in [7, 11) is 0. The van der Waals surface area contributed by atoms with Crippen LogP contribution in [-0.4, -0.2) is 47.4 Å². The van der Waals surface area contributed by atoms with Crippen LogP contribution in [0.3, 0.4) is 0 Å². The zero-order valence-electron chi connectivity index (χ0n) is 16.1. The van der Waals surface area contributed by atoms with Crippen molar-refractivity contribution in [3.05, 3.63) is 54.9 Å². The maximum Gasteiger partial charge on any atom is 0.254 e. The van der Waals surface area contributed by atoms with Gasteiger partial charge in [-0.2, -0.15) is 14.6 Å². The molecular formula is C21H22N8. The molecule has 3 aromatic heterocycles. The molecule has 0 bridgehead atoms. The molecule has 0 spiro atoms. The lowest BCUT2D eigenvalue weighted by Crippen LogP contribution is -2.36. The Kier molecular flexibility index (Phi) is 3.82. The summed E-state index contributed by atoms with van der Waals surface area (Å²) in [6.07, 6.45) is 8.21. The summed E-state index contributed by atoms with van der Waals surface area (Å²) < 4.78 is 4.14. The molecule has 1 saturated heterocycles. The lowest BCUT2D eigenvalue weighted by atomic mass is 9.97. The highest BCUT2D eigenvalue weighted by Crippen LogP contribution is 2.38. The molecule has 1 aromatic carbocycles. The van der Waals surface area contributed by atoms with Crippen molar-refractivity contribution < 1.29 is 0 Å². The maximum absolute atomic E-state index is 4.71. The summed E-state index contributed by atoms with van der Waals surface area (Å²) in [5.74, 6) is 3.17. The molecule has 2 aliphatic rings. The SMILES string of the molecule is c1ccc(-c2cc(N3CCCC(c4nncn4C4CC4)C3)n3ncnc3n2)cc1. The van der Waals surface area contributed by atoms with Crippen LogP contribution in [0.2, 0.25) is 0 Å². The Hall–Kier alpha value is -3.29. The van der Waals surface area contributed by atoms with E-state index in [0.717, 1.165) is 48.8 Å². The lowest BCUT2D eigenvalue weighted by Gasteiger charge is -2.34. The van der Waals surface area contributed by atoms with Gasteiger partial charge in [0.2, 0.25) is 0 Å². The molecule has 29 heavy (non-hydrogen) atoms. The van der Waals surface area contributed by atoms with E-state index in [1.165, 1.54) is 12.8 Å². The van der Waals surface area contributed by atoms with Crippen molar-refractivity contribution in [1.82, 2.24) is 34.3 Å². The van der Waals surface area contributed by atoms with Crippen LogP contribution < -0.4 is 4.90 Å². The second kappa shape index (κ2) is 6.65. The van der Waals surface area contributed by atoms with Crippen molar-refractivity contribution >= 4 is 11.6 Å². The fourth-order valence-electron chi connectivity index (χ4n) is 4.35. The topological polar surface area (TPSA) is 77.0 Å². The molecule has 2 fully saturated rings. The molecule has 0 amide bonds. The molecule has 1 aliphatic carbocycles. The van der Waals surface area contributed by atoms with E-state index in [9.17, 15) is 0 Å². The Labute approximate surface area is 168 Å². The standard InChI is InChI=1S/C21H22N8/c1-2-5-15(6-3-1)18-11-19(29-21(25-18)22-13-24-29)27-10-4-7-16(12-27)20-26-23-14-28(20)17-8-9-17/h1-3,5-6,11,13-14,16-17H,4,7-10,12H2. The van der Waals surface area contributed by atoms with E-state index in [-0.39, 0.29) is 0 Å². The van der Waals surface area contributed by atoms with E-state index in [1.807, 2.05) is 29.0 Å². The second-order valence-corrected chi connectivity index (χ2v) is 7.95. The summed E-state index contributed by atoms with van der Waals surface area (Å²) in [4.78, 5) is 11.5. The molecule has 1 unspecified atom stereocenters. The summed E-state index contributed by atoms with van der Waals surface area (Å²) >= 11 is 0. The predicted molar refractivity (Wildman–Crippen MR) is 109 cm³/mol. The van der Waals surface area contributed by atoms with Gasteiger partial charge in [-0.25, -0.2) is 4.98 Å². The monoisotopic (exact) mass is 386 g/mol. The molecule has 8 heteroatoms. The first-order valence-corrected chi connectivity index (χ1v) is 10.3. The van der Waals surface area contributed by atoms with Gasteiger partial charge in [-0.05, 0) is 25.7 Å². The van der Waals surface area contributed by atoms with E-state index in [0.29, 0.717) is 17.7 Å². The third kappa shape index (κ3) is 2.95. The average Bonchev–Trinajstić information content (AvgIpc) is 3.31. The smallest absolute Gasteiger partial charge is 0.254 e. The minimum absolute atomic E-state index is 0.374. The quantitative estimate of drug-likeness (QED) is 0.536. The van der Waals surface area contributed by atoms with Crippen LogP contribution in [0.1, 0.15) is 43.5 Å². The van der Waals surface area contributed by atoms with Crippen molar-refractivity contribution in [1.29, 1.82) is 0 Å². The average molecular weight is 386 g/mol. The first-order valence-electron chi connectivity index (χ1n) is 10.3. The molecule has 1 aliphatic heterocycles. The van der Waals surface area contributed by atoms with Crippen LogP contribution in [0, 0.1) is 0 Å². The number of nitrogens with zero attached hydrogens (tertiary/aromatic N) is 8. The zero-order chi connectivity index (χ0) is 19.2. The van der Waals surface area contributed by atoms with Gasteiger partial charge in [-0.3, -0.25) is 0 Å². The van der Waals surface area contributed by atoms with Gasteiger partial charge in [0, 0.05) is 36.7 Å². The Morgan fingerprint density at radius 3 is 2.79 bits per heavy atom. The van der Waals surface area contributed by atoms with Crippen molar-refractivity contribution in [3.8, 4) is 11.3 Å². The fourth-order valence-corrected chi connectivity index (χ4v) is 4.35. The Morgan fingerprint density at radius 1 is 1.03 bits per heavy atom. The normalized spacial score (nSPS) is 19.7. The molecule has 0 N–H and O–H groups in total. The summed E-state index contributed by atoms with van der Waals surface area (Å²) in [5.41, 5.74) is 2.01. The highest BCUT2D eigenvalue weighted by Gasteiger charge is 2.32. The Bertz CT molecular complexity index is 1140. The number of fused-ring (bicyclic) bond motifs is 1. The van der Waals surface area contributed by atoms with Crippen molar-refractivity contribution in [2.75, 3.05) is 18.0 Å². The van der Waals surface area contributed by atoms with Crippen molar-refractivity contribution in [2.45, 2.75) is 37.6 Å². The lowest BCUT2D eigenvalue weighted by molar-refractivity contribution is 0.467. The molecule has 8 nitrogen and oxygen atoms in total. The molecule has 1 saturated carbocycles. The maximum atomic E-state index is 4.71. The number of aromatic nitrogens is 7. The fraction of sp³-hybridized carbons (Fsp3) is 0.381. The van der Waals surface area contributed by atoms with Gasteiger partial charge in [-0.15, -0.1) is 10.2 Å². The summed E-state index contributed by atoms with van der Waals surface area (Å²) in [6, 6.07) is 13.0. The van der Waals surface area contributed by atoms with Gasteiger partial charge in [-0.1, -0.05) is 30.3 Å². The molecule has 6 rings (SSSR count). The Balaban J connectivity index is 1.38. The first-order chi connectivity index (χ1) is 14.4. The van der Waals surface area contributed by atoms with E-state index in [1.54, 1.807) is 6.33 Å². The van der Waals surface area contributed by atoms with Gasteiger partial charge in [0.25, 0.3) is 5.78 Å². The van der Waals surface area contributed by atoms with Gasteiger partial charge in [0.1, 0.15) is 24.3 Å². The third-order valence-corrected chi connectivity index (χ3v) is 5.95. The summed E-state index contributed by atoms with van der Waals surface area (Å²) in [6.45, 7) is 1.89. The number of anilines is 1. The number of hydrogen-bond donors (Lipinski definition) is 0. The van der Waals surface area contributed by atoms with E-state index in [4.69, 9.17) is 4.98 Å². The third-order valence-electron chi connectivity index (χ3n) is 5.95. The van der Waals surface area contributed by atoms with Crippen LogP contribution >= 0.6 is 0 Å². The summed E-state index contributed by atoms with van der Waals surface area (Å²) in [5, 5.41) is 13.1. The second-order valence-electron chi connectivity index (χ2n) is 7.95. The number of piperidine rings is 1.